The lowest BCUT2D eigenvalue weighted by atomic mass is 9.93. The second-order valence-electron chi connectivity index (χ2n) is 9.05. The van der Waals surface area contributed by atoms with Gasteiger partial charge in [0, 0.05) is 53.9 Å². The summed E-state index contributed by atoms with van der Waals surface area (Å²) >= 11 is 0. The predicted octanol–water partition coefficient (Wildman–Crippen LogP) is 4.83. The maximum atomic E-state index is 12.8. The van der Waals surface area contributed by atoms with E-state index < -0.39 is 0 Å². The van der Waals surface area contributed by atoms with Gasteiger partial charge in [0.15, 0.2) is 0 Å². The minimum Gasteiger partial charge on any atom is -0.342 e. The van der Waals surface area contributed by atoms with Gasteiger partial charge < -0.3 is 10.2 Å². The van der Waals surface area contributed by atoms with E-state index in [0.29, 0.717) is 17.8 Å². The molecule has 1 saturated heterocycles. The van der Waals surface area contributed by atoms with Gasteiger partial charge in [0.2, 0.25) is 11.9 Å². The smallest absolute Gasteiger partial charge is 0.227 e. The molecule has 2 aromatic rings. The van der Waals surface area contributed by atoms with Crippen LogP contribution in [0.2, 0.25) is 0 Å². The van der Waals surface area contributed by atoms with E-state index in [0.717, 1.165) is 60.8 Å². The van der Waals surface area contributed by atoms with Crippen LogP contribution < -0.4 is 5.32 Å². The number of aryl methyl sites for hydroxylation is 3. The number of pyridine rings is 1. The molecule has 1 aliphatic heterocycles. The molecule has 3 heterocycles. The third kappa shape index (κ3) is 5.15. The number of aromatic nitrogens is 3. The van der Waals surface area contributed by atoms with Gasteiger partial charge in [-0.3, -0.25) is 9.78 Å². The Bertz CT molecular complexity index is 886. The second-order valence-corrected chi connectivity index (χ2v) is 9.05. The normalized spacial score (nSPS) is 19.8. The van der Waals surface area contributed by atoms with Crippen molar-refractivity contribution in [3.8, 4) is 0 Å². The number of amides is 1. The Kier molecular flexibility index (Phi) is 6.30. The monoisotopic (exact) mass is 407 g/mol. The van der Waals surface area contributed by atoms with Gasteiger partial charge in [-0.25, -0.2) is 9.97 Å². The number of carbonyl (C=O) groups is 1. The fourth-order valence-electron chi connectivity index (χ4n) is 4.92. The van der Waals surface area contributed by atoms with E-state index in [4.69, 9.17) is 4.98 Å². The highest BCUT2D eigenvalue weighted by Gasteiger charge is 2.28. The van der Waals surface area contributed by atoms with Crippen LogP contribution in [0.3, 0.4) is 0 Å². The summed E-state index contributed by atoms with van der Waals surface area (Å²) in [5.74, 6) is 1.83. The van der Waals surface area contributed by atoms with E-state index in [1.807, 2.05) is 32.9 Å². The maximum absolute atomic E-state index is 12.8. The minimum absolute atomic E-state index is 0.284. The summed E-state index contributed by atoms with van der Waals surface area (Å²) in [5.41, 5.74) is 4.87. The molecule has 1 saturated carbocycles. The number of anilines is 2. The summed E-state index contributed by atoms with van der Waals surface area (Å²) in [7, 11) is 0. The van der Waals surface area contributed by atoms with Gasteiger partial charge in [-0.15, -0.1) is 0 Å². The van der Waals surface area contributed by atoms with Crippen LogP contribution in [-0.2, 0) is 4.79 Å². The van der Waals surface area contributed by atoms with Gasteiger partial charge in [-0.1, -0.05) is 12.8 Å². The fourth-order valence-corrected chi connectivity index (χ4v) is 4.92. The molecule has 0 radical (unpaired) electrons. The van der Waals surface area contributed by atoms with E-state index in [2.05, 4.69) is 26.3 Å². The number of piperidine rings is 1. The third-order valence-electron chi connectivity index (χ3n) is 6.34. The molecule has 160 valence electrons. The summed E-state index contributed by atoms with van der Waals surface area (Å²) in [6.45, 7) is 7.63. The molecule has 30 heavy (non-hydrogen) atoms. The third-order valence-corrected chi connectivity index (χ3v) is 6.34. The van der Waals surface area contributed by atoms with Gasteiger partial charge >= 0.3 is 0 Å². The largest absolute Gasteiger partial charge is 0.342 e. The number of carbonyl (C=O) groups excluding carboxylic acids is 1. The second kappa shape index (κ2) is 9.11. The number of hydrogen-bond donors (Lipinski definition) is 1. The lowest BCUT2D eigenvalue weighted by molar-refractivity contribution is -0.133. The molecule has 0 bridgehead atoms. The van der Waals surface area contributed by atoms with Crippen molar-refractivity contribution in [1.29, 1.82) is 0 Å². The highest BCUT2D eigenvalue weighted by atomic mass is 16.2. The van der Waals surface area contributed by atoms with Gasteiger partial charge in [0.1, 0.15) is 0 Å². The van der Waals surface area contributed by atoms with Crippen LogP contribution in [0.4, 0.5) is 11.6 Å². The Labute approximate surface area is 179 Å². The molecule has 1 aliphatic carbocycles. The standard InChI is InChI=1S/C24H33N5O/c1-16-11-17(2)27-24(26-16)28-21-12-18(3)25-22(14-21)20-9-6-10-29(15-20)23(30)13-19-7-4-5-8-19/h11-12,14,19-20H,4-10,13,15H2,1-3H3,(H,25,26,27,28)/t20-/m0/s1. The SMILES string of the molecule is Cc1cc(Nc2nc(C)cc(C)n2)cc([C@H]2CCCN(C(=O)CC3CCCC3)C2)n1. The Morgan fingerprint density at radius 1 is 0.967 bits per heavy atom. The van der Waals surface area contributed by atoms with Crippen LogP contribution in [-0.4, -0.2) is 38.8 Å². The molecule has 2 aliphatic rings. The van der Waals surface area contributed by atoms with E-state index in [1.54, 1.807) is 0 Å². The van der Waals surface area contributed by atoms with Crippen molar-refractivity contribution in [1.82, 2.24) is 19.9 Å². The molecule has 2 aromatic heterocycles. The lowest BCUT2D eigenvalue weighted by Gasteiger charge is -2.33. The van der Waals surface area contributed by atoms with Crippen molar-refractivity contribution in [2.24, 2.45) is 5.92 Å². The van der Waals surface area contributed by atoms with Crippen molar-refractivity contribution < 1.29 is 4.79 Å². The molecule has 0 aromatic carbocycles. The topological polar surface area (TPSA) is 71.0 Å². The predicted molar refractivity (Wildman–Crippen MR) is 119 cm³/mol. The van der Waals surface area contributed by atoms with Gasteiger partial charge in [-0.2, -0.15) is 0 Å². The van der Waals surface area contributed by atoms with Crippen LogP contribution in [0.1, 0.15) is 73.6 Å². The van der Waals surface area contributed by atoms with Crippen LogP contribution in [0.5, 0.6) is 0 Å². The Hall–Kier alpha value is -2.50. The van der Waals surface area contributed by atoms with Crippen molar-refractivity contribution >= 4 is 17.5 Å². The molecular formula is C24H33N5O. The Balaban J connectivity index is 1.46. The van der Waals surface area contributed by atoms with Crippen LogP contribution >= 0.6 is 0 Å². The molecule has 1 amide bonds. The van der Waals surface area contributed by atoms with E-state index >= 15 is 0 Å². The van der Waals surface area contributed by atoms with E-state index in [-0.39, 0.29) is 5.92 Å². The van der Waals surface area contributed by atoms with Crippen LogP contribution in [0, 0.1) is 26.7 Å². The first-order chi connectivity index (χ1) is 14.5. The highest BCUT2D eigenvalue weighted by Crippen LogP contribution is 2.31. The summed E-state index contributed by atoms with van der Waals surface area (Å²) < 4.78 is 0. The minimum atomic E-state index is 0.284. The van der Waals surface area contributed by atoms with Crippen molar-refractivity contribution in [3.05, 3.63) is 41.0 Å². The van der Waals surface area contributed by atoms with Crippen molar-refractivity contribution in [3.63, 3.8) is 0 Å². The number of rotatable bonds is 5. The zero-order valence-electron chi connectivity index (χ0n) is 18.4. The molecule has 1 N–H and O–H groups in total. The quantitative estimate of drug-likeness (QED) is 0.769. The van der Waals surface area contributed by atoms with Gasteiger partial charge in [-0.05, 0) is 70.6 Å². The number of nitrogens with zero attached hydrogens (tertiary/aromatic N) is 4. The van der Waals surface area contributed by atoms with E-state index in [1.165, 1.54) is 25.7 Å². The average molecular weight is 408 g/mol. The number of nitrogens with one attached hydrogen (secondary N) is 1. The first-order valence-corrected chi connectivity index (χ1v) is 11.3. The average Bonchev–Trinajstić information content (AvgIpc) is 3.20. The lowest BCUT2D eigenvalue weighted by Crippen LogP contribution is -2.39. The summed E-state index contributed by atoms with van der Waals surface area (Å²) in [6, 6.07) is 6.09. The number of likely N-dealkylation sites (tertiary alicyclic amines) is 1. The van der Waals surface area contributed by atoms with Gasteiger partial charge in [0.25, 0.3) is 0 Å². The molecule has 4 rings (SSSR count). The first-order valence-electron chi connectivity index (χ1n) is 11.3. The molecule has 6 nitrogen and oxygen atoms in total. The maximum Gasteiger partial charge on any atom is 0.227 e. The van der Waals surface area contributed by atoms with E-state index in [9.17, 15) is 4.79 Å². The zero-order chi connectivity index (χ0) is 21.1. The molecular weight excluding hydrogens is 374 g/mol. The molecule has 1 atom stereocenters. The summed E-state index contributed by atoms with van der Waals surface area (Å²) in [4.78, 5) is 28.7. The molecule has 0 unspecified atom stereocenters. The molecule has 2 fully saturated rings. The van der Waals surface area contributed by atoms with Crippen LogP contribution in [0.15, 0.2) is 18.2 Å². The summed E-state index contributed by atoms with van der Waals surface area (Å²) in [6.07, 6.45) is 7.85. The highest BCUT2D eigenvalue weighted by molar-refractivity contribution is 5.76. The Morgan fingerprint density at radius 3 is 2.40 bits per heavy atom. The van der Waals surface area contributed by atoms with Gasteiger partial charge in [0.05, 0.1) is 0 Å². The first kappa shape index (κ1) is 20.8. The van der Waals surface area contributed by atoms with Crippen molar-refractivity contribution in [2.45, 2.75) is 71.6 Å². The zero-order valence-corrected chi connectivity index (χ0v) is 18.4. The van der Waals surface area contributed by atoms with Crippen LogP contribution in [0.25, 0.3) is 0 Å². The number of hydrogen-bond acceptors (Lipinski definition) is 5. The fraction of sp³-hybridized carbons (Fsp3) is 0.583. The molecule has 0 spiro atoms. The molecule has 6 heteroatoms. The Morgan fingerprint density at radius 2 is 1.67 bits per heavy atom. The van der Waals surface area contributed by atoms with Crippen molar-refractivity contribution in [2.75, 3.05) is 18.4 Å². The summed E-state index contributed by atoms with van der Waals surface area (Å²) in [5, 5.41) is 3.35.